The number of nitrogens with two attached hydrogens (primary N) is 1. The van der Waals surface area contributed by atoms with Gasteiger partial charge in [-0.15, -0.1) is 0 Å². The largest absolute Gasteiger partial charge is 0.396 e. The number of hydrogen-bond acceptors (Lipinski definition) is 3. The monoisotopic (exact) mass is 246 g/mol. The van der Waals surface area contributed by atoms with E-state index < -0.39 is 10.8 Å². The van der Waals surface area contributed by atoms with Crippen LogP contribution in [-0.2, 0) is 16.6 Å². The summed E-state index contributed by atoms with van der Waals surface area (Å²) in [6.07, 6.45) is 1.61. The van der Waals surface area contributed by atoms with Crippen molar-refractivity contribution < 1.29 is 4.21 Å². The topological polar surface area (TPSA) is 56.0 Å². The predicted octanol–water partition coefficient (Wildman–Crippen LogP) is 2.28. The number of nitrogens with zero attached hydrogens (tertiary/aromatic N) is 1. The van der Waals surface area contributed by atoms with E-state index in [1.807, 2.05) is 31.2 Å². The number of rotatable bonds is 3. The van der Waals surface area contributed by atoms with Crippen molar-refractivity contribution in [3.05, 3.63) is 53.7 Å². The molecule has 0 amide bonds. The molecule has 0 saturated heterocycles. The normalized spacial score (nSPS) is 12.3. The van der Waals surface area contributed by atoms with Crippen molar-refractivity contribution in [2.24, 2.45) is 0 Å². The van der Waals surface area contributed by atoms with Gasteiger partial charge in [-0.2, -0.15) is 0 Å². The third-order valence-electron chi connectivity index (χ3n) is 2.56. The van der Waals surface area contributed by atoms with Gasteiger partial charge in [0.05, 0.1) is 22.2 Å². The van der Waals surface area contributed by atoms with Gasteiger partial charge in [0.15, 0.2) is 0 Å². The Kier molecular flexibility index (Phi) is 3.54. The molecule has 1 aromatic heterocycles. The first-order valence-electron chi connectivity index (χ1n) is 5.32. The molecule has 0 radical (unpaired) electrons. The molecule has 2 rings (SSSR count). The summed E-state index contributed by atoms with van der Waals surface area (Å²) >= 11 is 0. The Morgan fingerprint density at radius 1 is 1.24 bits per heavy atom. The number of benzene rings is 1. The fourth-order valence-corrected chi connectivity index (χ4v) is 2.83. The molecular weight excluding hydrogens is 232 g/mol. The second kappa shape index (κ2) is 5.10. The summed E-state index contributed by atoms with van der Waals surface area (Å²) in [5.74, 6) is 0.452. The minimum atomic E-state index is -1.19. The Hall–Kier alpha value is -1.68. The van der Waals surface area contributed by atoms with E-state index >= 15 is 0 Å². The van der Waals surface area contributed by atoms with Crippen molar-refractivity contribution in [3.8, 4) is 0 Å². The van der Waals surface area contributed by atoms with Crippen molar-refractivity contribution in [2.75, 3.05) is 5.73 Å². The Morgan fingerprint density at radius 3 is 2.71 bits per heavy atom. The molecule has 17 heavy (non-hydrogen) atoms. The molecule has 0 aliphatic heterocycles. The van der Waals surface area contributed by atoms with Crippen LogP contribution in [0, 0.1) is 6.92 Å². The van der Waals surface area contributed by atoms with E-state index in [0.29, 0.717) is 16.5 Å². The number of pyridine rings is 1. The van der Waals surface area contributed by atoms with Crippen LogP contribution >= 0.6 is 0 Å². The summed E-state index contributed by atoms with van der Waals surface area (Å²) in [6.45, 7) is 2.01. The van der Waals surface area contributed by atoms with Gasteiger partial charge in [-0.1, -0.05) is 24.3 Å². The minimum Gasteiger partial charge on any atom is -0.396 e. The van der Waals surface area contributed by atoms with E-state index in [1.54, 1.807) is 18.3 Å². The van der Waals surface area contributed by atoms with E-state index in [9.17, 15) is 4.21 Å². The zero-order valence-electron chi connectivity index (χ0n) is 9.59. The summed E-state index contributed by atoms with van der Waals surface area (Å²) < 4.78 is 12.2. The minimum absolute atomic E-state index is 0.452. The highest BCUT2D eigenvalue weighted by molar-refractivity contribution is 7.84. The molecule has 0 aliphatic rings. The van der Waals surface area contributed by atoms with Crippen molar-refractivity contribution >= 4 is 16.5 Å². The highest BCUT2D eigenvalue weighted by Crippen LogP contribution is 2.17. The predicted molar refractivity (Wildman–Crippen MR) is 69.9 cm³/mol. The lowest BCUT2D eigenvalue weighted by Gasteiger charge is -2.06. The van der Waals surface area contributed by atoms with Crippen LogP contribution in [0.15, 0.2) is 47.6 Å². The number of aryl methyl sites for hydroxylation is 1. The lowest BCUT2D eigenvalue weighted by Crippen LogP contribution is -2.04. The zero-order chi connectivity index (χ0) is 12.3. The van der Waals surface area contributed by atoms with Crippen LogP contribution in [0.1, 0.15) is 11.1 Å². The average molecular weight is 246 g/mol. The second-order valence-electron chi connectivity index (χ2n) is 3.81. The van der Waals surface area contributed by atoms with Crippen LogP contribution in [-0.4, -0.2) is 9.19 Å². The van der Waals surface area contributed by atoms with Crippen LogP contribution in [0.4, 0.5) is 5.69 Å². The van der Waals surface area contributed by atoms with Crippen LogP contribution in [0.25, 0.3) is 0 Å². The van der Waals surface area contributed by atoms with Crippen LogP contribution in [0.5, 0.6) is 0 Å². The SMILES string of the molecule is Cc1ccccc1CS(=O)c1ncccc1N. The first kappa shape index (κ1) is 11.8. The summed E-state index contributed by atoms with van der Waals surface area (Å²) in [5.41, 5.74) is 8.44. The third-order valence-corrected chi connectivity index (χ3v) is 3.91. The van der Waals surface area contributed by atoms with Crippen molar-refractivity contribution in [1.29, 1.82) is 0 Å². The fraction of sp³-hybridized carbons (Fsp3) is 0.154. The lowest BCUT2D eigenvalue weighted by molar-refractivity contribution is 0.680. The Bertz CT molecular complexity index is 555. The molecular formula is C13H14N2OS. The Labute approximate surface area is 103 Å². The standard InChI is InChI=1S/C13H14N2OS/c1-10-5-2-3-6-11(10)9-17(16)13-12(14)7-4-8-15-13/h2-8H,9,14H2,1H3. The molecule has 1 aromatic carbocycles. The van der Waals surface area contributed by atoms with E-state index in [-0.39, 0.29) is 0 Å². The van der Waals surface area contributed by atoms with E-state index in [0.717, 1.165) is 11.1 Å². The lowest BCUT2D eigenvalue weighted by atomic mass is 10.1. The number of aromatic nitrogens is 1. The van der Waals surface area contributed by atoms with Gasteiger partial charge in [0.1, 0.15) is 5.03 Å². The van der Waals surface area contributed by atoms with Crippen molar-refractivity contribution in [1.82, 2.24) is 4.98 Å². The molecule has 2 N–H and O–H groups in total. The molecule has 0 fully saturated rings. The quantitative estimate of drug-likeness (QED) is 0.904. The smallest absolute Gasteiger partial charge is 0.150 e. The van der Waals surface area contributed by atoms with Gasteiger partial charge in [0.25, 0.3) is 0 Å². The van der Waals surface area contributed by atoms with Gasteiger partial charge in [0, 0.05) is 6.20 Å². The van der Waals surface area contributed by atoms with Gasteiger partial charge in [-0.3, -0.25) is 4.21 Å². The molecule has 3 nitrogen and oxygen atoms in total. The highest BCUT2D eigenvalue weighted by Gasteiger charge is 2.10. The third kappa shape index (κ3) is 2.71. The summed E-state index contributed by atoms with van der Waals surface area (Å²) in [6, 6.07) is 11.4. The molecule has 4 heteroatoms. The summed E-state index contributed by atoms with van der Waals surface area (Å²) in [4.78, 5) is 4.08. The number of anilines is 1. The van der Waals surface area contributed by atoms with Crippen LogP contribution < -0.4 is 5.73 Å². The fourth-order valence-electron chi connectivity index (χ4n) is 1.58. The molecule has 88 valence electrons. The van der Waals surface area contributed by atoms with Crippen molar-refractivity contribution in [2.45, 2.75) is 17.7 Å². The zero-order valence-corrected chi connectivity index (χ0v) is 10.4. The van der Waals surface area contributed by atoms with Crippen LogP contribution in [0.2, 0.25) is 0 Å². The average Bonchev–Trinajstić information content (AvgIpc) is 2.32. The van der Waals surface area contributed by atoms with Gasteiger partial charge < -0.3 is 5.73 Å². The number of hydrogen-bond donors (Lipinski definition) is 1. The molecule has 1 unspecified atom stereocenters. The van der Waals surface area contributed by atoms with Gasteiger partial charge in [-0.25, -0.2) is 4.98 Å². The van der Waals surface area contributed by atoms with E-state index in [4.69, 9.17) is 5.73 Å². The molecule has 1 atom stereocenters. The van der Waals surface area contributed by atoms with Gasteiger partial charge in [-0.05, 0) is 30.2 Å². The maximum Gasteiger partial charge on any atom is 0.150 e. The Morgan fingerprint density at radius 2 is 2.00 bits per heavy atom. The maximum absolute atomic E-state index is 12.2. The maximum atomic E-state index is 12.2. The van der Waals surface area contributed by atoms with Crippen molar-refractivity contribution in [3.63, 3.8) is 0 Å². The van der Waals surface area contributed by atoms with E-state index in [1.165, 1.54) is 0 Å². The highest BCUT2D eigenvalue weighted by atomic mass is 32.2. The molecule has 1 heterocycles. The Balaban J connectivity index is 2.24. The second-order valence-corrected chi connectivity index (χ2v) is 5.18. The van der Waals surface area contributed by atoms with Gasteiger partial charge in [0.2, 0.25) is 0 Å². The van der Waals surface area contributed by atoms with Crippen LogP contribution in [0.3, 0.4) is 0 Å². The first-order valence-corrected chi connectivity index (χ1v) is 6.64. The van der Waals surface area contributed by atoms with Gasteiger partial charge >= 0.3 is 0 Å². The molecule has 0 saturated carbocycles. The summed E-state index contributed by atoms with van der Waals surface area (Å²) in [7, 11) is -1.19. The molecule has 0 spiro atoms. The number of nitrogen functional groups attached to an aromatic ring is 1. The molecule has 0 aliphatic carbocycles. The summed E-state index contributed by atoms with van der Waals surface area (Å²) in [5, 5.41) is 0.468. The molecule has 2 aromatic rings. The van der Waals surface area contributed by atoms with E-state index in [2.05, 4.69) is 4.98 Å². The first-order chi connectivity index (χ1) is 8.18. The molecule has 0 bridgehead atoms.